The molecular formula is C14H18N2O3. The summed E-state index contributed by atoms with van der Waals surface area (Å²) >= 11 is 0. The summed E-state index contributed by atoms with van der Waals surface area (Å²) in [5.74, 6) is -0.165. The van der Waals surface area contributed by atoms with Crippen molar-refractivity contribution in [2.45, 2.75) is 38.3 Å². The van der Waals surface area contributed by atoms with Gasteiger partial charge in [0.25, 0.3) is 11.5 Å². The van der Waals surface area contributed by atoms with Crippen LogP contribution in [0.2, 0.25) is 0 Å². The molecule has 1 aliphatic carbocycles. The third kappa shape index (κ3) is 2.18. The van der Waals surface area contributed by atoms with E-state index in [2.05, 4.69) is 4.98 Å². The predicted octanol–water partition coefficient (Wildman–Crippen LogP) is 1.08. The van der Waals surface area contributed by atoms with Gasteiger partial charge in [-0.2, -0.15) is 0 Å². The van der Waals surface area contributed by atoms with Gasteiger partial charge in [-0.3, -0.25) is 9.59 Å². The standard InChI is InChI=1S/C14H18N2O3/c1-9-5-6-10(13(17)15-9)14(18)16-7-8-19-12-4-2-3-11(12)16/h5-6,11-12H,2-4,7-8H2,1H3,(H,15,17)/t11-,12+/m1/s1. The molecular weight excluding hydrogens is 244 g/mol. The van der Waals surface area contributed by atoms with Gasteiger partial charge in [0.2, 0.25) is 0 Å². The molecule has 1 saturated heterocycles. The van der Waals surface area contributed by atoms with E-state index in [0.29, 0.717) is 13.2 Å². The number of amides is 1. The predicted molar refractivity (Wildman–Crippen MR) is 70.2 cm³/mol. The fourth-order valence-electron chi connectivity index (χ4n) is 3.07. The zero-order valence-corrected chi connectivity index (χ0v) is 11.0. The lowest BCUT2D eigenvalue weighted by molar-refractivity contribution is -0.0446. The Hall–Kier alpha value is -1.62. The molecule has 2 aliphatic rings. The van der Waals surface area contributed by atoms with Crippen molar-refractivity contribution in [2.75, 3.05) is 13.2 Å². The molecule has 2 fully saturated rings. The molecule has 5 heteroatoms. The number of nitrogens with zero attached hydrogens (tertiary/aromatic N) is 1. The second-order valence-corrected chi connectivity index (χ2v) is 5.29. The van der Waals surface area contributed by atoms with Crippen molar-refractivity contribution in [3.05, 3.63) is 33.7 Å². The molecule has 0 radical (unpaired) electrons. The number of ether oxygens (including phenoxy) is 1. The van der Waals surface area contributed by atoms with Crippen LogP contribution in [0.25, 0.3) is 0 Å². The molecule has 0 aromatic carbocycles. The van der Waals surface area contributed by atoms with Gasteiger partial charge in [-0.1, -0.05) is 0 Å². The third-order valence-electron chi connectivity index (χ3n) is 4.03. The Morgan fingerprint density at radius 3 is 3.05 bits per heavy atom. The number of H-pyrrole nitrogens is 1. The van der Waals surface area contributed by atoms with Crippen LogP contribution in [-0.2, 0) is 4.74 Å². The summed E-state index contributed by atoms with van der Waals surface area (Å²) in [4.78, 5) is 28.9. The molecule has 3 rings (SSSR count). The van der Waals surface area contributed by atoms with E-state index in [4.69, 9.17) is 4.74 Å². The van der Waals surface area contributed by atoms with Crippen LogP contribution in [0.1, 0.15) is 35.3 Å². The fourth-order valence-corrected chi connectivity index (χ4v) is 3.07. The van der Waals surface area contributed by atoms with Crippen molar-refractivity contribution < 1.29 is 9.53 Å². The minimum atomic E-state index is -0.300. The number of rotatable bonds is 1. The number of aromatic nitrogens is 1. The number of carbonyl (C=O) groups is 1. The molecule has 2 atom stereocenters. The van der Waals surface area contributed by atoms with Crippen LogP contribution in [0.15, 0.2) is 16.9 Å². The van der Waals surface area contributed by atoms with E-state index in [-0.39, 0.29) is 29.2 Å². The summed E-state index contributed by atoms with van der Waals surface area (Å²) < 4.78 is 5.69. The average Bonchev–Trinajstić information content (AvgIpc) is 2.86. The zero-order chi connectivity index (χ0) is 13.4. The minimum absolute atomic E-state index is 0.141. The Morgan fingerprint density at radius 2 is 2.26 bits per heavy atom. The van der Waals surface area contributed by atoms with Crippen molar-refractivity contribution in [3.63, 3.8) is 0 Å². The highest BCUT2D eigenvalue weighted by molar-refractivity contribution is 5.94. The van der Waals surface area contributed by atoms with Gasteiger partial charge < -0.3 is 14.6 Å². The van der Waals surface area contributed by atoms with Crippen molar-refractivity contribution in [1.82, 2.24) is 9.88 Å². The number of nitrogens with one attached hydrogen (secondary N) is 1. The van der Waals surface area contributed by atoms with E-state index in [9.17, 15) is 9.59 Å². The SMILES string of the molecule is Cc1ccc(C(=O)N2CCO[C@H]3CCC[C@H]32)c(=O)[nH]1. The smallest absolute Gasteiger partial charge is 0.260 e. The largest absolute Gasteiger partial charge is 0.374 e. The summed E-state index contributed by atoms with van der Waals surface area (Å²) in [6, 6.07) is 3.53. The molecule has 1 N–H and O–H groups in total. The van der Waals surface area contributed by atoms with E-state index in [0.717, 1.165) is 25.0 Å². The van der Waals surface area contributed by atoms with Gasteiger partial charge in [0.05, 0.1) is 18.8 Å². The molecule has 5 nitrogen and oxygen atoms in total. The van der Waals surface area contributed by atoms with Gasteiger partial charge in [0.15, 0.2) is 0 Å². The highest BCUT2D eigenvalue weighted by Gasteiger charge is 2.39. The van der Waals surface area contributed by atoms with E-state index in [1.165, 1.54) is 0 Å². The Labute approximate surface area is 111 Å². The number of fused-ring (bicyclic) bond motifs is 1. The summed E-state index contributed by atoms with van der Waals surface area (Å²) in [6.45, 7) is 2.95. The lowest BCUT2D eigenvalue weighted by Gasteiger charge is -2.37. The molecule has 102 valence electrons. The molecule has 0 bridgehead atoms. The minimum Gasteiger partial charge on any atom is -0.374 e. The van der Waals surface area contributed by atoms with Crippen LogP contribution in [0, 0.1) is 6.92 Å². The molecule has 1 saturated carbocycles. The molecule has 2 heterocycles. The second-order valence-electron chi connectivity index (χ2n) is 5.29. The van der Waals surface area contributed by atoms with Crippen LogP contribution >= 0.6 is 0 Å². The maximum Gasteiger partial charge on any atom is 0.260 e. The first-order valence-electron chi connectivity index (χ1n) is 6.79. The molecule has 0 unspecified atom stereocenters. The summed E-state index contributed by atoms with van der Waals surface area (Å²) in [5, 5.41) is 0. The molecule has 1 aliphatic heterocycles. The van der Waals surface area contributed by atoms with Crippen LogP contribution < -0.4 is 5.56 Å². The number of morpholine rings is 1. The van der Waals surface area contributed by atoms with Gasteiger partial charge >= 0.3 is 0 Å². The van der Waals surface area contributed by atoms with Crippen molar-refractivity contribution in [2.24, 2.45) is 0 Å². The fraction of sp³-hybridized carbons (Fsp3) is 0.571. The Balaban J connectivity index is 1.88. The Kier molecular flexibility index (Phi) is 3.14. The van der Waals surface area contributed by atoms with Crippen LogP contribution in [-0.4, -0.2) is 41.1 Å². The van der Waals surface area contributed by atoms with Crippen LogP contribution in [0.3, 0.4) is 0 Å². The highest BCUT2D eigenvalue weighted by Crippen LogP contribution is 2.30. The number of aryl methyl sites for hydroxylation is 1. The van der Waals surface area contributed by atoms with Crippen LogP contribution in [0.5, 0.6) is 0 Å². The highest BCUT2D eigenvalue weighted by atomic mass is 16.5. The third-order valence-corrected chi connectivity index (χ3v) is 4.03. The van der Waals surface area contributed by atoms with Crippen LogP contribution in [0.4, 0.5) is 0 Å². The Morgan fingerprint density at radius 1 is 1.42 bits per heavy atom. The van der Waals surface area contributed by atoms with Gasteiger partial charge in [-0.15, -0.1) is 0 Å². The van der Waals surface area contributed by atoms with Crippen molar-refractivity contribution in [3.8, 4) is 0 Å². The molecule has 0 spiro atoms. The Bertz CT molecular complexity index is 552. The number of carbonyl (C=O) groups excluding carboxylic acids is 1. The summed E-state index contributed by atoms with van der Waals surface area (Å²) in [7, 11) is 0. The number of pyridine rings is 1. The average molecular weight is 262 g/mol. The lowest BCUT2D eigenvalue weighted by Crippen LogP contribution is -2.52. The molecule has 1 amide bonds. The quantitative estimate of drug-likeness (QED) is 0.823. The van der Waals surface area contributed by atoms with Crippen molar-refractivity contribution >= 4 is 5.91 Å². The molecule has 1 aromatic heterocycles. The number of hydrogen-bond acceptors (Lipinski definition) is 3. The first-order valence-corrected chi connectivity index (χ1v) is 6.79. The summed E-state index contributed by atoms with van der Waals surface area (Å²) in [6.07, 6.45) is 3.23. The first-order chi connectivity index (χ1) is 9.16. The topological polar surface area (TPSA) is 62.4 Å². The molecule has 1 aromatic rings. The number of aromatic amines is 1. The zero-order valence-electron chi connectivity index (χ0n) is 11.0. The molecule has 19 heavy (non-hydrogen) atoms. The lowest BCUT2D eigenvalue weighted by atomic mass is 10.1. The van der Waals surface area contributed by atoms with Crippen molar-refractivity contribution in [1.29, 1.82) is 0 Å². The van der Waals surface area contributed by atoms with Gasteiger partial charge in [-0.25, -0.2) is 0 Å². The first kappa shape index (κ1) is 12.4. The number of hydrogen-bond donors (Lipinski definition) is 1. The maximum absolute atomic E-state index is 12.5. The van der Waals surface area contributed by atoms with E-state index < -0.39 is 0 Å². The summed E-state index contributed by atoms with van der Waals surface area (Å²) in [5.41, 5.74) is 0.700. The second kappa shape index (κ2) is 4.81. The normalized spacial score (nSPS) is 26.3. The van der Waals surface area contributed by atoms with E-state index in [1.807, 2.05) is 4.90 Å². The van der Waals surface area contributed by atoms with Gasteiger partial charge in [0, 0.05) is 12.2 Å². The monoisotopic (exact) mass is 262 g/mol. The maximum atomic E-state index is 12.5. The van der Waals surface area contributed by atoms with E-state index >= 15 is 0 Å². The van der Waals surface area contributed by atoms with Gasteiger partial charge in [0.1, 0.15) is 5.56 Å². The van der Waals surface area contributed by atoms with Gasteiger partial charge in [-0.05, 0) is 38.3 Å². The van der Waals surface area contributed by atoms with E-state index in [1.54, 1.807) is 19.1 Å².